The molecule has 0 radical (unpaired) electrons. The monoisotopic (exact) mass is 285 g/mol. The van der Waals surface area contributed by atoms with E-state index >= 15 is 0 Å². The Hall–Kier alpha value is -2.95. The maximum Gasteiger partial charge on any atom is 0.286 e. The number of rotatable bonds is 4. The number of benzene rings is 2. The standard InChI is InChI=1S/C16H15NO4/c18-13-7-6-12(9-14(13)19)10-17-16(21)15(20)8-11-4-2-1-3-5-11/h1-9,18-20H,10H2,(H,17,21). The molecule has 1 amide bonds. The summed E-state index contributed by atoms with van der Waals surface area (Å²) in [7, 11) is 0. The summed E-state index contributed by atoms with van der Waals surface area (Å²) in [5.74, 6) is -1.50. The Morgan fingerprint density at radius 2 is 1.76 bits per heavy atom. The normalized spacial score (nSPS) is 11.1. The third kappa shape index (κ3) is 4.01. The Kier molecular flexibility index (Phi) is 4.46. The molecule has 0 saturated heterocycles. The molecular formula is C16H15NO4. The van der Waals surface area contributed by atoms with Crippen molar-refractivity contribution in [1.82, 2.24) is 5.32 Å². The van der Waals surface area contributed by atoms with Gasteiger partial charge >= 0.3 is 0 Å². The lowest BCUT2D eigenvalue weighted by atomic mass is 10.2. The van der Waals surface area contributed by atoms with E-state index in [9.17, 15) is 20.1 Å². The first kappa shape index (κ1) is 14.5. The Morgan fingerprint density at radius 3 is 2.43 bits per heavy atom. The van der Waals surface area contributed by atoms with E-state index < -0.39 is 11.7 Å². The molecule has 0 atom stereocenters. The summed E-state index contributed by atoms with van der Waals surface area (Å²) < 4.78 is 0. The number of hydrogen-bond acceptors (Lipinski definition) is 4. The van der Waals surface area contributed by atoms with Crippen molar-refractivity contribution in [3.8, 4) is 11.5 Å². The zero-order valence-corrected chi connectivity index (χ0v) is 11.2. The lowest BCUT2D eigenvalue weighted by molar-refractivity contribution is -0.119. The number of hydrogen-bond donors (Lipinski definition) is 4. The van der Waals surface area contributed by atoms with E-state index in [4.69, 9.17) is 0 Å². The van der Waals surface area contributed by atoms with Crippen molar-refractivity contribution < 1.29 is 20.1 Å². The van der Waals surface area contributed by atoms with Crippen LogP contribution in [-0.4, -0.2) is 21.2 Å². The summed E-state index contributed by atoms with van der Waals surface area (Å²) in [5.41, 5.74) is 1.32. The van der Waals surface area contributed by atoms with Crippen molar-refractivity contribution in [2.45, 2.75) is 6.54 Å². The fourth-order valence-corrected chi connectivity index (χ4v) is 1.72. The largest absolute Gasteiger partial charge is 0.504 e. The Morgan fingerprint density at radius 1 is 1.05 bits per heavy atom. The van der Waals surface area contributed by atoms with Crippen LogP contribution >= 0.6 is 0 Å². The molecule has 0 fully saturated rings. The number of nitrogens with one attached hydrogen (secondary N) is 1. The molecular weight excluding hydrogens is 270 g/mol. The second-order valence-corrected chi connectivity index (χ2v) is 4.45. The number of phenolic OH excluding ortho intramolecular Hbond substituents is 2. The smallest absolute Gasteiger partial charge is 0.286 e. The maximum atomic E-state index is 11.7. The quantitative estimate of drug-likeness (QED) is 0.394. The van der Waals surface area contributed by atoms with Crippen LogP contribution in [0.5, 0.6) is 11.5 Å². The van der Waals surface area contributed by atoms with E-state index in [1.807, 2.05) is 6.07 Å². The summed E-state index contributed by atoms with van der Waals surface area (Å²) in [4.78, 5) is 11.7. The maximum absolute atomic E-state index is 11.7. The lowest BCUT2D eigenvalue weighted by Crippen LogP contribution is -2.24. The Bertz CT molecular complexity index is 665. The van der Waals surface area contributed by atoms with Gasteiger partial charge in [0.1, 0.15) is 0 Å². The number of aliphatic hydroxyl groups is 1. The van der Waals surface area contributed by atoms with Gasteiger partial charge in [0, 0.05) is 6.54 Å². The van der Waals surface area contributed by atoms with Gasteiger partial charge in [-0.3, -0.25) is 4.79 Å². The minimum absolute atomic E-state index is 0.124. The molecule has 0 aliphatic heterocycles. The lowest BCUT2D eigenvalue weighted by Gasteiger charge is -2.06. The van der Waals surface area contributed by atoms with Gasteiger partial charge in [0.05, 0.1) is 0 Å². The van der Waals surface area contributed by atoms with Crippen molar-refractivity contribution in [1.29, 1.82) is 0 Å². The second kappa shape index (κ2) is 6.47. The highest BCUT2D eigenvalue weighted by Gasteiger charge is 2.08. The molecule has 108 valence electrons. The van der Waals surface area contributed by atoms with Gasteiger partial charge in [-0.2, -0.15) is 0 Å². The summed E-state index contributed by atoms with van der Waals surface area (Å²) in [6.45, 7) is 0.124. The SMILES string of the molecule is O=C(NCc1ccc(O)c(O)c1)C(O)=Cc1ccccc1. The molecule has 0 heterocycles. The number of carbonyl (C=O) groups is 1. The fraction of sp³-hybridized carbons (Fsp3) is 0.0625. The number of aliphatic hydroxyl groups excluding tert-OH is 1. The zero-order chi connectivity index (χ0) is 15.2. The van der Waals surface area contributed by atoms with Crippen LogP contribution in [0, 0.1) is 0 Å². The van der Waals surface area contributed by atoms with Crippen molar-refractivity contribution in [2.24, 2.45) is 0 Å². The predicted octanol–water partition coefficient (Wildman–Crippen LogP) is 2.31. The van der Waals surface area contributed by atoms with Crippen molar-refractivity contribution in [3.05, 3.63) is 65.4 Å². The van der Waals surface area contributed by atoms with Crippen LogP contribution in [-0.2, 0) is 11.3 Å². The van der Waals surface area contributed by atoms with E-state index in [0.29, 0.717) is 11.1 Å². The molecule has 2 rings (SSSR count). The molecule has 5 nitrogen and oxygen atoms in total. The second-order valence-electron chi connectivity index (χ2n) is 4.45. The molecule has 0 aliphatic rings. The predicted molar refractivity (Wildman–Crippen MR) is 78.7 cm³/mol. The van der Waals surface area contributed by atoms with Crippen molar-refractivity contribution in [2.75, 3.05) is 0 Å². The van der Waals surface area contributed by atoms with Gasteiger partial charge in [-0.1, -0.05) is 36.4 Å². The highest BCUT2D eigenvalue weighted by atomic mass is 16.3. The van der Waals surface area contributed by atoms with E-state index in [0.717, 1.165) is 0 Å². The fourth-order valence-electron chi connectivity index (χ4n) is 1.72. The van der Waals surface area contributed by atoms with E-state index in [1.165, 1.54) is 18.2 Å². The van der Waals surface area contributed by atoms with Gasteiger partial charge in [0.15, 0.2) is 17.3 Å². The van der Waals surface area contributed by atoms with Gasteiger partial charge in [0.2, 0.25) is 0 Å². The summed E-state index contributed by atoms with van der Waals surface area (Å²) in [6.07, 6.45) is 1.36. The van der Waals surface area contributed by atoms with Crippen LogP contribution in [0.15, 0.2) is 54.3 Å². The highest BCUT2D eigenvalue weighted by Crippen LogP contribution is 2.24. The molecule has 4 N–H and O–H groups in total. The summed E-state index contributed by atoms with van der Waals surface area (Å²) >= 11 is 0. The van der Waals surface area contributed by atoms with Crippen LogP contribution in [0.4, 0.5) is 0 Å². The number of amides is 1. The highest BCUT2D eigenvalue weighted by molar-refractivity contribution is 5.95. The Labute approximate surface area is 121 Å². The van der Waals surface area contributed by atoms with Gasteiger partial charge in [-0.25, -0.2) is 0 Å². The van der Waals surface area contributed by atoms with E-state index in [2.05, 4.69) is 5.32 Å². The van der Waals surface area contributed by atoms with E-state index in [-0.39, 0.29) is 18.0 Å². The first-order valence-electron chi connectivity index (χ1n) is 6.31. The average Bonchev–Trinajstić information content (AvgIpc) is 2.49. The Balaban J connectivity index is 1.98. The molecule has 21 heavy (non-hydrogen) atoms. The van der Waals surface area contributed by atoms with Crippen LogP contribution in [0.3, 0.4) is 0 Å². The average molecular weight is 285 g/mol. The van der Waals surface area contributed by atoms with Crippen LogP contribution in [0.2, 0.25) is 0 Å². The molecule has 2 aromatic rings. The molecule has 0 spiro atoms. The summed E-state index contributed by atoms with van der Waals surface area (Å²) in [6, 6.07) is 13.2. The van der Waals surface area contributed by atoms with Crippen LogP contribution in [0.25, 0.3) is 6.08 Å². The van der Waals surface area contributed by atoms with Gasteiger partial charge < -0.3 is 20.6 Å². The molecule has 0 bridgehead atoms. The van der Waals surface area contributed by atoms with Crippen LogP contribution < -0.4 is 5.32 Å². The van der Waals surface area contributed by atoms with Gasteiger partial charge in [-0.05, 0) is 29.3 Å². The van der Waals surface area contributed by atoms with Crippen molar-refractivity contribution in [3.63, 3.8) is 0 Å². The molecule has 5 heteroatoms. The first-order chi connectivity index (χ1) is 10.1. The zero-order valence-electron chi connectivity index (χ0n) is 11.2. The molecule has 0 aliphatic carbocycles. The molecule has 0 unspecified atom stereocenters. The van der Waals surface area contributed by atoms with Crippen molar-refractivity contribution >= 4 is 12.0 Å². The molecule has 0 aromatic heterocycles. The molecule has 2 aromatic carbocycles. The third-order valence-corrected chi connectivity index (χ3v) is 2.83. The third-order valence-electron chi connectivity index (χ3n) is 2.83. The number of aromatic hydroxyl groups is 2. The van der Waals surface area contributed by atoms with Gasteiger partial charge in [0.25, 0.3) is 5.91 Å². The number of phenols is 2. The molecule has 0 saturated carbocycles. The first-order valence-corrected chi connectivity index (χ1v) is 6.31. The van der Waals surface area contributed by atoms with E-state index in [1.54, 1.807) is 30.3 Å². The topological polar surface area (TPSA) is 89.8 Å². The van der Waals surface area contributed by atoms with Crippen LogP contribution in [0.1, 0.15) is 11.1 Å². The number of carbonyl (C=O) groups excluding carboxylic acids is 1. The minimum Gasteiger partial charge on any atom is -0.504 e. The summed E-state index contributed by atoms with van der Waals surface area (Å²) in [5, 5.41) is 30.8. The van der Waals surface area contributed by atoms with Gasteiger partial charge in [-0.15, -0.1) is 0 Å². The minimum atomic E-state index is -0.619.